The van der Waals surface area contributed by atoms with Gasteiger partial charge in [0.2, 0.25) is 15.8 Å². The molecule has 0 radical (unpaired) electrons. The van der Waals surface area contributed by atoms with Gasteiger partial charge in [0, 0.05) is 34.7 Å². The monoisotopic (exact) mass is 571 g/mol. The number of sulfonamides is 1. The van der Waals surface area contributed by atoms with Crippen molar-refractivity contribution in [2.75, 3.05) is 32.0 Å². The van der Waals surface area contributed by atoms with Crippen molar-refractivity contribution >= 4 is 55.3 Å². The molecule has 13 heteroatoms. The topological polar surface area (TPSA) is 165 Å². The van der Waals surface area contributed by atoms with Crippen molar-refractivity contribution in [3.05, 3.63) is 48.5 Å². The van der Waals surface area contributed by atoms with Gasteiger partial charge in [0.15, 0.2) is 11.5 Å². The number of urea groups is 1. The molecule has 12 nitrogen and oxygen atoms in total. The molecule has 0 bridgehead atoms. The summed E-state index contributed by atoms with van der Waals surface area (Å²) in [6.45, 7) is 3.23. The second-order valence-electron chi connectivity index (χ2n) is 9.15. The molecule has 0 aliphatic heterocycles. The van der Waals surface area contributed by atoms with Gasteiger partial charge in [0.25, 0.3) is 0 Å². The number of hydrogen-bond donors (Lipinski definition) is 4. The van der Waals surface area contributed by atoms with Crippen molar-refractivity contribution in [2.24, 2.45) is 5.92 Å². The zero-order valence-electron chi connectivity index (χ0n) is 22.4. The normalized spacial score (nSPS) is 12.3. The number of carboxylic acids is 1. The fourth-order valence-corrected chi connectivity index (χ4v) is 5.52. The molecule has 0 unspecified atom stereocenters. The first-order chi connectivity index (χ1) is 19.0. The van der Waals surface area contributed by atoms with Crippen LogP contribution in [0.15, 0.2) is 57.8 Å². The van der Waals surface area contributed by atoms with E-state index in [1.807, 2.05) is 0 Å². The third-order valence-corrected chi connectivity index (χ3v) is 7.59. The molecule has 4 aromatic rings. The van der Waals surface area contributed by atoms with Crippen molar-refractivity contribution in [3.63, 3.8) is 0 Å². The number of rotatable bonds is 10. The third-order valence-electron chi connectivity index (χ3n) is 6.15. The van der Waals surface area contributed by atoms with Crippen molar-refractivity contribution < 1.29 is 41.7 Å². The van der Waals surface area contributed by atoms with Crippen LogP contribution in [0, 0.1) is 5.92 Å². The van der Waals surface area contributed by atoms with Crippen LogP contribution in [0.4, 0.5) is 16.2 Å². The highest BCUT2D eigenvalue weighted by atomic mass is 32.2. The summed E-state index contributed by atoms with van der Waals surface area (Å²) in [4.78, 5) is 24.1. The van der Waals surface area contributed by atoms with Crippen molar-refractivity contribution in [1.29, 1.82) is 0 Å². The number of carbonyl (C=O) groups excluding carboxylic acids is 1. The lowest BCUT2D eigenvalue weighted by Gasteiger charge is -2.17. The van der Waals surface area contributed by atoms with E-state index in [9.17, 15) is 23.1 Å². The van der Waals surface area contributed by atoms with E-state index < -0.39 is 34.0 Å². The summed E-state index contributed by atoms with van der Waals surface area (Å²) < 4.78 is 49.9. The molecule has 0 aliphatic rings. The fourth-order valence-electron chi connectivity index (χ4n) is 4.15. The molecule has 0 saturated carbocycles. The van der Waals surface area contributed by atoms with Gasteiger partial charge in [0.05, 0.1) is 31.9 Å². The molecule has 4 rings (SSSR count). The van der Waals surface area contributed by atoms with Crippen molar-refractivity contribution in [1.82, 2.24) is 4.72 Å². The summed E-state index contributed by atoms with van der Waals surface area (Å²) in [5.74, 6) is -0.578. The van der Waals surface area contributed by atoms with Gasteiger partial charge in [-0.1, -0.05) is 13.8 Å². The highest BCUT2D eigenvalue weighted by Crippen LogP contribution is 2.40. The Balaban J connectivity index is 1.57. The number of fused-ring (bicyclic) bond motifs is 3. The van der Waals surface area contributed by atoms with Crippen LogP contribution in [-0.4, -0.2) is 52.9 Å². The molecular weight excluding hydrogens is 542 g/mol. The number of anilines is 2. The van der Waals surface area contributed by atoms with Crippen LogP contribution in [0.2, 0.25) is 0 Å². The SMILES string of the molecule is COc1cc(NC(=O)Nc2ccc3c(c2)oc2ccc(S(=O)(=O)N[C@@H](C(=O)O)C(C)C)cc23)cc(OC)c1OC. The maximum atomic E-state index is 12.9. The van der Waals surface area contributed by atoms with Gasteiger partial charge in [0.1, 0.15) is 17.2 Å². The number of amides is 2. The molecule has 3 aromatic carbocycles. The Labute approximate surface area is 230 Å². The van der Waals surface area contributed by atoms with Gasteiger partial charge in [-0.15, -0.1) is 0 Å². The second kappa shape index (κ2) is 11.3. The van der Waals surface area contributed by atoms with E-state index in [0.717, 1.165) is 0 Å². The number of benzene rings is 3. The number of furan rings is 1. The molecule has 2 amide bonds. The predicted molar refractivity (Wildman–Crippen MR) is 149 cm³/mol. The minimum absolute atomic E-state index is 0.0958. The van der Waals surface area contributed by atoms with Gasteiger partial charge < -0.3 is 34.4 Å². The lowest BCUT2D eigenvalue weighted by Crippen LogP contribution is -2.44. The van der Waals surface area contributed by atoms with Crippen molar-refractivity contribution in [2.45, 2.75) is 24.8 Å². The van der Waals surface area contributed by atoms with E-state index >= 15 is 0 Å². The molecule has 1 heterocycles. The minimum atomic E-state index is -4.12. The van der Waals surface area contributed by atoms with E-state index in [1.165, 1.54) is 39.5 Å². The summed E-state index contributed by atoms with van der Waals surface area (Å²) in [7, 11) is 0.298. The van der Waals surface area contributed by atoms with Gasteiger partial charge in [-0.2, -0.15) is 4.72 Å². The lowest BCUT2D eigenvalue weighted by atomic mass is 10.1. The zero-order chi connectivity index (χ0) is 29.2. The summed E-state index contributed by atoms with van der Waals surface area (Å²) in [5.41, 5.74) is 1.66. The molecule has 0 fully saturated rings. The van der Waals surface area contributed by atoms with Crippen LogP contribution in [-0.2, 0) is 14.8 Å². The number of hydrogen-bond acceptors (Lipinski definition) is 8. The smallest absolute Gasteiger partial charge is 0.323 e. The molecule has 0 saturated heterocycles. The second-order valence-corrected chi connectivity index (χ2v) is 10.9. The Bertz CT molecular complexity index is 1670. The van der Waals surface area contributed by atoms with Gasteiger partial charge in [-0.05, 0) is 36.2 Å². The van der Waals surface area contributed by atoms with E-state index in [-0.39, 0.29) is 4.90 Å². The Morgan fingerprint density at radius 2 is 1.48 bits per heavy atom. The number of ether oxygens (including phenoxy) is 3. The molecule has 1 aromatic heterocycles. The van der Waals surface area contributed by atoms with Gasteiger partial charge in [-0.3, -0.25) is 4.79 Å². The molecule has 0 aliphatic carbocycles. The largest absolute Gasteiger partial charge is 0.493 e. The first-order valence-corrected chi connectivity index (χ1v) is 13.5. The zero-order valence-corrected chi connectivity index (χ0v) is 23.2. The standard InChI is InChI=1S/C27H29N3O9S/c1-14(2)24(26(31)32)30-40(34,35)17-7-9-20-19(13-17)18-8-6-15(10-21(18)39-20)28-27(33)29-16-11-22(36-3)25(38-5)23(12-16)37-4/h6-14,24,30H,1-5H3,(H,31,32)(H2,28,29,33)/t24-/m1/s1. The third kappa shape index (κ3) is 5.75. The van der Waals surface area contributed by atoms with Gasteiger partial charge >= 0.3 is 12.0 Å². The lowest BCUT2D eigenvalue weighted by molar-refractivity contribution is -0.140. The summed E-state index contributed by atoms with van der Waals surface area (Å²) >= 11 is 0. The van der Waals surface area contributed by atoms with Crippen LogP contribution >= 0.6 is 0 Å². The number of carboxylic acid groups (broad SMARTS) is 1. The highest BCUT2D eigenvalue weighted by Gasteiger charge is 2.28. The number of carbonyl (C=O) groups is 2. The van der Waals surface area contributed by atoms with E-state index in [4.69, 9.17) is 18.6 Å². The quantitative estimate of drug-likeness (QED) is 0.212. The molecule has 212 valence electrons. The first kappa shape index (κ1) is 28.5. The van der Waals surface area contributed by atoms with Gasteiger partial charge in [-0.25, -0.2) is 13.2 Å². The average molecular weight is 572 g/mol. The molecule has 0 spiro atoms. The predicted octanol–water partition coefficient (Wildman–Crippen LogP) is 4.64. The molecular formula is C27H29N3O9S. The van der Waals surface area contributed by atoms with Crippen LogP contribution in [0.5, 0.6) is 17.2 Å². The van der Waals surface area contributed by atoms with E-state index in [0.29, 0.717) is 50.6 Å². The Morgan fingerprint density at radius 1 is 0.825 bits per heavy atom. The molecule has 1 atom stereocenters. The number of nitrogens with one attached hydrogen (secondary N) is 3. The van der Waals surface area contributed by atoms with Crippen LogP contribution in [0.25, 0.3) is 21.9 Å². The van der Waals surface area contributed by atoms with Crippen LogP contribution in [0.3, 0.4) is 0 Å². The van der Waals surface area contributed by atoms with Crippen molar-refractivity contribution in [3.8, 4) is 17.2 Å². The Kier molecular flexibility index (Phi) is 8.07. The number of aliphatic carboxylic acids is 1. The van der Waals surface area contributed by atoms with Crippen LogP contribution in [0.1, 0.15) is 13.8 Å². The summed E-state index contributed by atoms with van der Waals surface area (Å²) in [6.07, 6.45) is 0. The average Bonchev–Trinajstić information content (AvgIpc) is 3.27. The Hall–Kier alpha value is -4.49. The highest BCUT2D eigenvalue weighted by molar-refractivity contribution is 7.89. The first-order valence-electron chi connectivity index (χ1n) is 12.1. The van der Waals surface area contributed by atoms with E-state index in [2.05, 4.69) is 15.4 Å². The summed E-state index contributed by atoms with van der Waals surface area (Å²) in [6, 6.07) is 10.6. The summed E-state index contributed by atoms with van der Waals surface area (Å²) in [5, 5.41) is 15.9. The minimum Gasteiger partial charge on any atom is -0.493 e. The molecule has 4 N–H and O–H groups in total. The number of methoxy groups -OCH3 is 3. The maximum absolute atomic E-state index is 12.9. The fraction of sp³-hybridized carbons (Fsp3) is 0.259. The molecule has 40 heavy (non-hydrogen) atoms. The Morgan fingerprint density at radius 3 is 2.05 bits per heavy atom. The maximum Gasteiger partial charge on any atom is 0.323 e. The van der Waals surface area contributed by atoms with E-state index in [1.54, 1.807) is 44.2 Å². The van der Waals surface area contributed by atoms with Crippen LogP contribution < -0.4 is 29.6 Å².